The summed E-state index contributed by atoms with van der Waals surface area (Å²) in [5.41, 5.74) is 1.63. The van der Waals surface area contributed by atoms with Crippen molar-refractivity contribution in [3.05, 3.63) is 29.6 Å². The Morgan fingerprint density at radius 3 is 2.92 bits per heavy atom. The molecule has 2 aliphatic heterocycles. The summed E-state index contributed by atoms with van der Waals surface area (Å²) in [6, 6.07) is 4.29. The van der Waals surface area contributed by atoms with Gasteiger partial charge in [-0.25, -0.2) is 0 Å². The highest BCUT2D eigenvalue weighted by atomic mass is 16.5. The summed E-state index contributed by atoms with van der Waals surface area (Å²) in [6.45, 7) is 10.1. The van der Waals surface area contributed by atoms with Crippen LogP contribution in [-0.2, 0) is 16.1 Å². The predicted molar refractivity (Wildman–Crippen MR) is 93.6 cm³/mol. The fourth-order valence-electron chi connectivity index (χ4n) is 3.82. The summed E-state index contributed by atoms with van der Waals surface area (Å²) in [7, 11) is 0. The number of hydrogen-bond acceptors (Lipinski definition) is 4. The molecular weight excluding hydrogens is 302 g/mol. The van der Waals surface area contributed by atoms with Crippen molar-refractivity contribution in [2.45, 2.75) is 58.2 Å². The van der Waals surface area contributed by atoms with Gasteiger partial charge in [-0.1, -0.05) is 6.07 Å². The number of aryl methyl sites for hydroxylation is 1. The summed E-state index contributed by atoms with van der Waals surface area (Å²) >= 11 is 0. The second-order valence-corrected chi connectivity index (χ2v) is 7.37. The van der Waals surface area contributed by atoms with Gasteiger partial charge in [-0.3, -0.25) is 14.7 Å². The molecule has 0 N–H and O–H groups in total. The number of carbonyl (C=O) groups excluding carboxylic acids is 1. The Bertz CT molecular complexity index is 590. The van der Waals surface area contributed by atoms with Gasteiger partial charge in [-0.15, -0.1) is 0 Å². The average molecular weight is 331 g/mol. The first-order chi connectivity index (χ1) is 11.5. The first kappa shape index (κ1) is 17.4. The van der Waals surface area contributed by atoms with Crippen molar-refractivity contribution in [1.29, 1.82) is 0 Å². The third-order valence-electron chi connectivity index (χ3n) is 5.26. The molecule has 1 unspecified atom stereocenters. The number of nitrogens with zero attached hydrogens (tertiary/aromatic N) is 3. The highest BCUT2D eigenvalue weighted by molar-refractivity contribution is 5.86. The van der Waals surface area contributed by atoms with Crippen LogP contribution in [0.4, 0.5) is 0 Å². The number of aromatic nitrogens is 1. The van der Waals surface area contributed by atoms with Crippen molar-refractivity contribution in [3.63, 3.8) is 0 Å². The Kier molecular flexibility index (Phi) is 5.21. The maximum absolute atomic E-state index is 13.2. The van der Waals surface area contributed by atoms with E-state index in [9.17, 15) is 4.79 Å². The summed E-state index contributed by atoms with van der Waals surface area (Å²) in [4.78, 5) is 22.0. The smallest absolute Gasteiger partial charge is 0.256 e. The number of ether oxygens (including phenoxy) is 1. The van der Waals surface area contributed by atoms with Gasteiger partial charge in [0.1, 0.15) is 0 Å². The second-order valence-electron chi connectivity index (χ2n) is 7.37. The fourth-order valence-corrected chi connectivity index (χ4v) is 3.82. The number of morpholine rings is 1. The molecule has 24 heavy (non-hydrogen) atoms. The first-order valence-electron chi connectivity index (χ1n) is 9.10. The van der Waals surface area contributed by atoms with Crippen molar-refractivity contribution in [1.82, 2.24) is 14.8 Å². The largest absolute Gasteiger partial charge is 0.362 e. The van der Waals surface area contributed by atoms with Gasteiger partial charge in [0.15, 0.2) is 5.60 Å². The Morgan fingerprint density at radius 1 is 1.33 bits per heavy atom. The standard InChI is InChI=1S/C19H29N3O2/c1-15(2)22-10-5-4-8-19(18(22)23)14-21(11-12-24-19)13-17-16(3)7-6-9-20-17/h6-7,9,15H,4-5,8,10-14H2,1-3H3. The van der Waals surface area contributed by atoms with Crippen LogP contribution in [0, 0.1) is 6.92 Å². The van der Waals surface area contributed by atoms with Gasteiger partial charge in [0, 0.05) is 38.4 Å². The van der Waals surface area contributed by atoms with Crippen molar-refractivity contribution in [3.8, 4) is 0 Å². The molecule has 1 aromatic heterocycles. The lowest BCUT2D eigenvalue weighted by atomic mass is 9.93. The van der Waals surface area contributed by atoms with Crippen LogP contribution in [0.25, 0.3) is 0 Å². The molecule has 3 heterocycles. The van der Waals surface area contributed by atoms with E-state index in [1.54, 1.807) is 0 Å². The van der Waals surface area contributed by atoms with Crippen LogP contribution in [0.2, 0.25) is 0 Å². The third-order valence-corrected chi connectivity index (χ3v) is 5.26. The molecule has 1 amide bonds. The minimum Gasteiger partial charge on any atom is -0.362 e. The summed E-state index contributed by atoms with van der Waals surface area (Å²) in [5.74, 6) is 0.178. The molecule has 2 fully saturated rings. The SMILES string of the molecule is Cc1cccnc1CN1CCOC2(CCCCN(C(C)C)C2=O)C1. The molecule has 0 aliphatic carbocycles. The molecule has 3 rings (SSSR count). The van der Waals surface area contributed by atoms with Gasteiger partial charge in [-0.05, 0) is 51.7 Å². The molecule has 132 valence electrons. The molecule has 1 aromatic rings. The quantitative estimate of drug-likeness (QED) is 0.853. The molecular formula is C19H29N3O2. The van der Waals surface area contributed by atoms with E-state index in [2.05, 4.69) is 36.7 Å². The minimum atomic E-state index is -0.665. The number of rotatable bonds is 3. The van der Waals surface area contributed by atoms with E-state index in [4.69, 9.17) is 4.74 Å². The van der Waals surface area contributed by atoms with Crippen LogP contribution in [0.3, 0.4) is 0 Å². The molecule has 0 aromatic carbocycles. The van der Waals surface area contributed by atoms with Crippen molar-refractivity contribution >= 4 is 5.91 Å². The minimum absolute atomic E-state index is 0.178. The van der Waals surface area contributed by atoms with E-state index in [1.807, 2.05) is 17.2 Å². The Labute approximate surface area is 145 Å². The average Bonchev–Trinajstić information content (AvgIpc) is 2.70. The van der Waals surface area contributed by atoms with Crippen LogP contribution in [-0.4, -0.2) is 58.6 Å². The van der Waals surface area contributed by atoms with Crippen LogP contribution in [0.15, 0.2) is 18.3 Å². The van der Waals surface area contributed by atoms with E-state index < -0.39 is 5.60 Å². The zero-order valence-electron chi connectivity index (χ0n) is 15.1. The Morgan fingerprint density at radius 2 is 2.17 bits per heavy atom. The summed E-state index contributed by atoms with van der Waals surface area (Å²) in [6.07, 6.45) is 4.78. The molecule has 2 aliphatic rings. The zero-order chi connectivity index (χ0) is 17.2. The number of carbonyl (C=O) groups is 1. The summed E-state index contributed by atoms with van der Waals surface area (Å²) < 4.78 is 6.12. The van der Waals surface area contributed by atoms with Gasteiger partial charge in [0.05, 0.1) is 12.3 Å². The number of likely N-dealkylation sites (tertiary alicyclic amines) is 1. The highest BCUT2D eigenvalue weighted by Gasteiger charge is 2.47. The topological polar surface area (TPSA) is 45.7 Å². The van der Waals surface area contributed by atoms with Gasteiger partial charge in [-0.2, -0.15) is 0 Å². The van der Waals surface area contributed by atoms with Crippen molar-refractivity contribution in [2.75, 3.05) is 26.2 Å². The van der Waals surface area contributed by atoms with Gasteiger partial charge < -0.3 is 9.64 Å². The maximum atomic E-state index is 13.2. The van der Waals surface area contributed by atoms with E-state index in [-0.39, 0.29) is 11.9 Å². The van der Waals surface area contributed by atoms with E-state index >= 15 is 0 Å². The lowest BCUT2D eigenvalue weighted by Crippen LogP contribution is -2.60. The molecule has 1 spiro atoms. The predicted octanol–water partition coefficient (Wildman–Crippen LogP) is 2.38. The lowest BCUT2D eigenvalue weighted by molar-refractivity contribution is -0.172. The van der Waals surface area contributed by atoms with Crippen LogP contribution >= 0.6 is 0 Å². The van der Waals surface area contributed by atoms with Crippen LogP contribution < -0.4 is 0 Å². The number of hydrogen-bond donors (Lipinski definition) is 0. The third kappa shape index (κ3) is 3.47. The van der Waals surface area contributed by atoms with Crippen molar-refractivity contribution < 1.29 is 9.53 Å². The number of amides is 1. The van der Waals surface area contributed by atoms with E-state index in [0.29, 0.717) is 13.2 Å². The van der Waals surface area contributed by atoms with Crippen LogP contribution in [0.1, 0.15) is 44.4 Å². The van der Waals surface area contributed by atoms with Gasteiger partial charge >= 0.3 is 0 Å². The molecule has 5 nitrogen and oxygen atoms in total. The zero-order valence-corrected chi connectivity index (χ0v) is 15.1. The molecule has 5 heteroatoms. The van der Waals surface area contributed by atoms with Gasteiger partial charge in [0.2, 0.25) is 0 Å². The molecule has 0 saturated carbocycles. The second kappa shape index (κ2) is 7.19. The Balaban J connectivity index is 1.78. The summed E-state index contributed by atoms with van der Waals surface area (Å²) in [5, 5.41) is 0. The monoisotopic (exact) mass is 331 g/mol. The molecule has 0 radical (unpaired) electrons. The van der Waals surface area contributed by atoms with E-state index in [1.165, 1.54) is 5.56 Å². The normalized spacial score (nSPS) is 26.2. The first-order valence-corrected chi connectivity index (χ1v) is 9.10. The Hall–Kier alpha value is -1.46. The van der Waals surface area contributed by atoms with Crippen molar-refractivity contribution in [2.24, 2.45) is 0 Å². The maximum Gasteiger partial charge on any atom is 0.256 e. The van der Waals surface area contributed by atoms with Gasteiger partial charge in [0.25, 0.3) is 5.91 Å². The lowest BCUT2D eigenvalue weighted by Gasteiger charge is -2.43. The molecule has 2 saturated heterocycles. The molecule has 0 bridgehead atoms. The highest BCUT2D eigenvalue weighted by Crippen LogP contribution is 2.31. The van der Waals surface area contributed by atoms with Crippen LogP contribution in [0.5, 0.6) is 0 Å². The fraction of sp³-hybridized carbons (Fsp3) is 0.684. The molecule has 1 atom stereocenters. The number of pyridine rings is 1. The van der Waals surface area contributed by atoms with E-state index in [0.717, 1.165) is 44.6 Å².